The smallest absolute Gasteiger partial charge is 0.225 e. The van der Waals surface area contributed by atoms with Crippen molar-refractivity contribution in [1.82, 2.24) is 10.3 Å². The van der Waals surface area contributed by atoms with Crippen LogP contribution < -0.4 is 15.0 Å². The van der Waals surface area contributed by atoms with Crippen molar-refractivity contribution in [2.24, 2.45) is 5.41 Å². The number of rotatable bonds is 3. The molecule has 1 aromatic heterocycles. The molecule has 1 aliphatic heterocycles. The summed E-state index contributed by atoms with van der Waals surface area (Å²) in [5, 5.41) is 3.14. The van der Waals surface area contributed by atoms with E-state index in [4.69, 9.17) is 4.74 Å². The Balaban J connectivity index is 1.93. The number of anilines is 1. The topological polar surface area (TPSA) is 54.5 Å². The lowest BCUT2D eigenvalue weighted by Crippen LogP contribution is -2.48. The Morgan fingerprint density at radius 2 is 2.05 bits per heavy atom. The lowest BCUT2D eigenvalue weighted by atomic mass is 9.94. The van der Waals surface area contributed by atoms with Gasteiger partial charge in [0, 0.05) is 30.7 Å². The van der Waals surface area contributed by atoms with Gasteiger partial charge >= 0.3 is 0 Å². The monoisotopic (exact) mass is 291 g/mol. The Kier molecular flexibility index (Phi) is 4.70. The summed E-state index contributed by atoms with van der Waals surface area (Å²) in [5.74, 6) is 1.81. The third-order valence-corrected chi connectivity index (χ3v) is 3.78. The highest BCUT2D eigenvalue weighted by Crippen LogP contribution is 2.27. The van der Waals surface area contributed by atoms with Crippen molar-refractivity contribution in [2.45, 2.75) is 39.7 Å². The Labute approximate surface area is 126 Å². The SMILES string of the molecule is COc1cccnc1N1CCC(NC(=O)C(C)(C)C)CC1. The molecular formula is C16H25N3O2. The highest BCUT2D eigenvalue weighted by molar-refractivity contribution is 5.81. The van der Waals surface area contributed by atoms with Crippen molar-refractivity contribution < 1.29 is 9.53 Å². The number of piperidine rings is 1. The summed E-state index contributed by atoms with van der Waals surface area (Å²) < 4.78 is 5.36. The van der Waals surface area contributed by atoms with Crippen molar-refractivity contribution in [3.63, 3.8) is 0 Å². The maximum absolute atomic E-state index is 12.0. The van der Waals surface area contributed by atoms with Gasteiger partial charge in [-0.05, 0) is 25.0 Å². The molecule has 5 heteroatoms. The zero-order valence-electron chi connectivity index (χ0n) is 13.3. The molecule has 5 nitrogen and oxygen atoms in total. The fourth-order valence-electron chi connectivity index (χ4n) is 2.42. The van der Waals surface area contributed by atoms with Gasteiger partial charge in [0.05, 0.1) is 7.11 Å². The van der Waals surface area contributed by atoms with Crippen molar-refractivity contribution in [2.75, 3.05) is 25.1 Å². The summed E-state index contributed by atoms with van der Waals surface area (Å²) in [6.45, 7) is 7.58. The van der Waals surface area contributed by atoms with Gasteiger partial charge in [0.1, 0.15) is 0 Å². The molecule has 1 amide bonds. The summed E-state index contributed by atoms with van der Waals surface area (Å²) in [6.07, 6.45) is 3.65. The van der Waals surface area contributed by atoms with Crippen LogP contribution in [0, 0.1) is 5.41 Å². The van der Waals surface area contributed by atoms with Gasteiger partial charge in [-0.25, -0.2) is 4.98 Å². The first kappa shape index (κ1) is 15.6. The maximum atomic E-state index is 12.0. The van der Waals surface area contributed by atoms with E-state index >= 15 is 0 Å². The summed E-state index contributed by atoms with van der Waals surface area (Å²) in [6, 6.07) is 4.05. The maximum Gasteiger partial charge on any atom is 0.225 e. The van der Waals surface area contributed by atoms with Crippen LogP contribution in [0.4, 0.5) is 5.82 Å². The van der Waals surface area contributed by atoms with E-state index in [1.54, 1.807) is 13.3 Å². The number of hydrogen-bond acceptors (Lipinski definition) is 4. The molecule has 0 bridgehead atoms. The quantitative estimate of drug-likeness (QED) is 0.928. The molecule has 2 heterocycles. The van der Waals surface area contributed by atoms with Crippen LogP contribution in [0.25, 0.3) is 0 Å². The number of hydrogen-bond donors (Lipinski definition) is 1. The van der Waals surface area contributed by atoms with Crippen LogP contribution in [0.1, 0.15) is 33.6 Å². The van der Waals surface area contributed by atoms with E-state index in [1.165, 1.54) is 0 Å². The number of methoxy groups -OCH3 is 1. The standard InChI is InChI=1S/C16H25N3O2/c1-16(2,3)15(20)18-12-7-10-19(11-8-12)14-13(21-4)6-5-9-17-14/h5-6,9,12H,7-8,10-11H2,1-4H3,(H,18,20). The predicted octanol–water partition coefficient (Wildman–Crippen LogP) is 2.22. The molecule has 0 atom stereocenters. The lowest BCUT2D eigenvalue weighted by molar-refractivity contribution is -0.129. The summed E-state index contributed by atoms with van der Waals surface area (Å²) in [4.78, 5) is 18.7. The number of ether oxygens (including phenoxy) is 1. The van der Waals surface area contributed by atoms with Crippen molar-refractivity contribution in [1.29, 1.82) is 0 Å². The van der Waals surface area contributed by atoms with Gasteiger partial charge in [-0.2, -0.15) is 0 Å². The molecule has 1 aliphatic rings. The first-order valence-electron chi connectivity index (χ1n) is 7.46. The Morgan fingerprint density at radius 1 is 1.38 bits per heavy atom. The van der Waals surface area contributed by atoms with Crippen LogP contribution in [-0.2, 0) is 4.79 Å². The third kappa shape index (κ3) is 3.86. The van der Waals surface area contributed by atoms with E-state index < -0.39 is 0 Å². The number of carbonyl (C=O) groups is 1. The average Bonchev–Trinajstić information content (AvgIpc) is 2.47. The van der Waals surface area contributed by atoms with E-state index in [0.29, 0.717) is 0 Å². The van der Waals surface area contributed by atoms with E-state index in [1.807, 2.05) is 32.9 Å². The van der Waals surface area contributed by atoms with Crippen molar-refractivity contribution in [3.8, 4) is 5.75 Å². The number of amides is 1. The Hall–Kier alpha value is -1.78. The molecule has 0 radical (unpaired) electrons. The van der Waals surface area contributed by atoms with Crippen molar-refractivity contribution in [3.05, 3.63) is 18.3 Å². The number of carbonyl (C=O) groups excluding carboxylic acids is 1. The van der Waals surface area contributed by atoms with Gasteiger partial charge in [-0.1, -0.05) is 20.8 Å². The average molecular weight is 291 g/mol. The number of nitrogens with one attached hydrogen (secondary N) is 1. The minimum Gasteiger partial charge on any atom is -0.493 e. The first-order valence-corrected chi connectivity index (χ1v) is 7.46. The molecule has 0 spiro atoms. The Morgan fingerprint density at radius 3 is 2.62 bits per heavy atom. The lowest BCUT2D eigenvalue weighted by Gasteiger charge is -2.34. The largest absolute Gasteiger partial charge is 0.493 e. The molecule has 0 aromatic carbocycles. The number of aromatic nitrogens is 1. The predicted molar refractivity (Wildman–Crippen MR) is 83.6 cm³/mol. The molecule has 1 aromatic rings. The van der Waals surface area contributed by atoms with Gasteiger partial charge in [0.25, 0.3) is 0 Å². The van der Waals surface area contributed by atoms with Gasteiger partial charge in [-0.15, -0.1) is 0 Å². The van der Waals surface area contributed by atoms with Crippen LogP contribution in [-0.4, -0.2) is 37.1 Å². The van der Waals surface area contributed by atoms with Crippen LogP contribution in [0.15, 0.2) is 18.3 Å². The van der Waals surface area contributed by atoms with Crippen molar-refractivity contribution >= 4 is 11.7 Å². The third-order valence-electron chi connectivity index (χ3n) is 3.78. The minimum absolute atomic E-state index is 0.122. The zero-order valence-corrected chi connectivity index (χ0v) is 13.3. The Bertz CT molecular complexity index is 489. The van der Waals surface area contributed by atoms with E-state index in [2.05, 4.69) is 15.2 Å². The summed E-state index contributed by atoms with van der Waals surface area (Å²) >= 11 is 0. The van der Waals surface area contributed by atoms with Crippen LogP contribution in [0.2, 0.25) is 0 Å². The van der Waals surface area contributed by atoms with Gasteiger partial charge < -0.3 is 15.0 Å². The summed E-state index contributed by atoms with van der Waals surface area (Å²) in [7, 11) is 1.66. The fourth-order valence-corrected chi connectivity index (χ4v) is 2.42. The highest BCUT2D eigenvalue weighted by Gasteiger charge is 2.27. The molecule has 2 rings (SSSR count). The summed E-state index contributed by atoms with van der Waals surface area (Å²) in [5.41, 5.74) is -0.332. The molecule has 0 saturated carbocycles. The van der Waals surface area contributed by atoms with Gasteiger partial charge in [-0.3, -0.25) is 4.79 Å². The molecule has 0 unspecified atom stereocenters. The normalized spacial score (nSPS) is 16.7. The number of nitrogens with zero attached hydrogens (tertiary/aromatic N) is 2. The van der Waals surface area contributed by atoms with Crippen LogP contribution in [0.3, 0.4) is 0 Å². The zero-order chi connectivity index (χ0) is 15.5. The second-order valence-corrected chi connectivity index (χ2v) is 6.51. The van der Waals surface area contributed by atoms with E-state index in [-0.39, 0.29) is 17.4 Å². The van der Waals surface area contributed by atoms with E-state index in [9.17, 15) is 4.79 Å². The van der Waals surface area contributed by atoms with Crippen LogP contribution >= 0.6 is 0 Å². The number of pyridine rings is 1. The molecule has 1 saturated heterocycles. The highest BCUT2D eigenvalue weighted by atomic mass is 16.5. The van der Waals surface area contributed by atoms with Gasteiger partial charge in [0.2, 0.25) is 5.91 Å². The molecule has 0 aliphatic carbocycles. The second-order valence-electron chi connectivity index (χ2n) is 6.51. The molecule has 1 N–H and O–H groups in total. The molecular weight excluding hydrogens is 266 g/mol. The van der Waals surface area contributed by atoms with E-state index in [0.717, 1.165) is 37.5 Å². The minimum atomic E-state index is -0.332. The molecule has 1 fully saturated rings. The fraction of sp³-hybridized carbons (Fsp3) is 0.625. The first-order chi connectivity index (χ1) is 9.91. The second kappa shape index (κ2) is 6.33. The molecule has 21 heavy (non-hydrogen) atoms. The van der Waals surface area contributed by atoms with Crippen LogP contribution in [0.5, 0.6) is 5.75 Å². The molecule has 116 valence electrons. The van der Waals surface area contributed by atoms with Gasteiger partial charge in [0.15, 0.2) is 11.6 Å².